The first-order valence-corrected chi connectivity index (χ1v) is 26.4. The number of aliphatic imine (C=N–C) groups is 12. The molecule has 0 aliphatic carbocycles. The fraction of sp³-hybridized carbons (Fsp3) is 0.556. The van der Waals surface area contributed by atoms with Crippen molar-refractivity contribution in [3.05, 3.63) is 70.6 Å². The summed E-state index contributed by atoms with van der Waals surface area (Å²) in [6.07, 6.45) is 47.4. The summed E-state index contributed by atoms with van der Waals surface area (Å²) < 4.78 is 0. The van der Waals surface area contributed by atoms with E-state index in [0.717, 1.165) is 150 Å². The molecule has 0 spiro atoms. The number of rotatable bonds is 0. The van der Waals surface area contributed by atoms with E-state index in [0.29, 0.717) is 78.5 Å². The van der Waals surface area contributed by atoms with Gasteiger partial charge in [0, 0.05) is 224 Å². The lowest BCUT2D eigenvalue weighted by Crippen LogP contribution is -2.15. The zero-order valence-corrected chi connectivity index (χ0v) is 43.0. The van der Waals surface area contributed by atoms with Crippen molar-refractivity contribution in [1.29, 1.82) is 0 Å². The van der Waals surface area contributed by atoms with Gasteiger partial charge in [-0.25, -0.2) is 0 Å². The molecule has 72 heavy (non-hydrogen) atoms. The molecule has 390 valence electrons. The van der Waals surface area contributed by atoms with Gasteiger partial charge in [0.15, 0.2) is 0 Å². The molecule has 0 aromatic rings. The van der Waals surface area contributed by atoms with Gasteiger partial charge in [-0.2, -0.15) is 0 Å². The maximum Gasteiger partial charge on any atom is 0.0562 e. The Labute approximate surface area is 430 Å². The van der Waals surface area contributed by atoms with Crippen molar-refractivity contribution < 1.29 is 0 Å². The summed E-state index contributed by atoms with van der Waals surface area (Å²) in [4.78, 5) is 55.9. The lowest BCUT2D eigenvalue weighted by molar-refractivity contribution is 0.655. The van der Waals surface area contributed by atoms with Crippen LogP contribution in [0.1, 0.15) is 77.0 Å². The predicted molar refractivity (Wildman–Crippen MR) is 312 cm³/mol. The molecule has 0 radical (unpaired) electrons. The van der Waals surface area contributed by atoms with Crippen molar-refractivity contribution in [2.24, 2.45) is 59.9 Å². The molecule has 7 rings (SSSR count). The third-order valence-corrected chi connectivity index (χ3v) is 10.8. The SMILES string of the molecule is C1=NCCCCCCN=C/C2=C\NCCN=CC(=CNCCN=C2)C=NCCCCCCN=C/C2=C/NCCN=C/C(=C\NCCN=C2)C=NCCCCCCN=C/C2=C/NCCN=CC1=CNCCN=C2. The van der Waals surface area contributed by atoms with Crippen LogP contribution in [-0.2, 0) is 0 Å². The standard InChI is InChI=1S/C54H84N18/c1-2-8-14-56-32-50-39-63-23-25-67-43-52(44-68-26-24-64-40-50)34-58-16-10-5-6-12-18-60-36-54-47-71-29-27-69-45-53(46-70-28-30-72-48-54)35-59-17-11-4-3-9-15-57-33-51-41-65-21-19-61-37-49(31-55-13-7-1)38-62-20-22-66-42-51/h31-48,61,63,66,68-69,72H,1-30H2/b49-37-,50-39-,51-42-,52-44?,53-45?,54-48+,55-31?,56-32?,57-33?,58-34?,59-35?,60-36?,62-38?,64-40?,65-41?,67-43?,70-46?,71-47?. The Morgan fingerprint density at radius 3 is 0.472 bits per heavy atom. The fourth-order valence-electron chi connectivity index (χ4n) is 6.88. The van der Waals surface area contributed by atoms with E-state index in [2.05, 4.69) is 61.9 Å². The van der Waals surface area contributed by atoms with Crippen molar-refractivity contribution in [1.82, 2.24) is 31.9 Å². The first-order valence-electron chi connectivity index (χ1n) is 26.4. The molecule has 6 N–H and O–H groups in total. The minimum atomic E-state index is 0.641. The van der Waals surface area contributed by atoms with Crippen molar-refractivity contribution in [3.63, 3.8) is 0 Å². The van der Waals surface area contributed by atoms with E-state index in [4.69, 9.17) is 30.0 Å². The Kier molecular flexibility index (Phi) is 34.6. The van der Waals surface area contributed by atoms with Crippen LogP contribution < -0.4 is 31.9 Å². The van der Waals surface area contributed by atoms with Gasteiger partial charge in [-0.05, 0) is 38.5 Å². The van der Waals surface area contributed by atoms with E-state index in [1.165, 1.54) is 0 Å². The average Bonchev–Trinajstić information content (AvgIpc) is 3.38. The Morgan fingerprint density at radius 2 is 0.319 bits per heavy atom. The molecule has 0 fully saturated rings. The van der Waals surface area contributed by atoms with Crippen molar-refractivity contribution >= 4 is 74.6 Å². The summed E-state index contributed by atoms with van der Waals surface area (Å²) in [7, 11) is 0. The van der Waals surface area contributed by atoms with Gasteiger partial charge in [0.2, 0.25) is 0 Å². The van der Waals surface area contributed by atoms with Gasteiger partial charge in [-0.1, -0.05) is 38.5 Å². The number of hydrogen-bond donors (Lipinski definition) is 6. The van der Waals surface area contributed by atoms with Crippen molar-refractivity contribution in [3.8, 4) is 0 Å². The third kappa shape index (κ3) is 33.0. The van der Waals surface area contributed by atoms with E-state index in [-0.39, 0.29) is 0 Å². The van der Waals surface area contributed by atoms with Gasteiger partial charge in [0.05, 0.1) is 39.3 Å². The Bertz CT molecular complexity index is 1670. The van der Waals surface area contributed by atoms with Gasteiger partial charge in [-0.3, -0.25) is 59.9 Å². The van der Waals surface area contributed by atoms with Crippen molar-refractivity contribution in [2.75, 3.05) is 118 Å². The van der Waals surface area contributed by atoms with Gasteiger partial charge in [0.25, 0.3) is 0 Å². The fourth-order valence-corrected chi connectivity index (χ4v) is 6.88. The molecule has 0 atom stereocenters. The average molecular weight is 985 g/mol. The molecule has 0 aromatic heterocycles. The lowest BCUT2D eigenvalue weighted by atomic mass is 10.2. The summed E-state index contributed by atoms with van der Waals surface area (Å²) in [5.41, 5.74) is 5.69. The topological polar surface area (TPSA) is 220 Å². The van der Waals surface area contributed by atoms with Crippen LogP contribution in [-0.4, -0.2) is 192 Å². The number of hydrogen-bond acceptors (Lipinski definition) is 18. The van der Waals surface area contributed by atoms with Gasteiger partial charge >= 0.3 is 0 Å². The van der Waals surface area contributed by atoms with Crippen LogP contribution in [0.4, 0.5) is 0 Å². The predicted octanol–water partition coefficient (Wildman–Crippen LogP) is 5.41. The second-order valence-electron chi connectivity index (χ2n) is 17.3. The molecule has 6 bridgehead atoms. The smallest absolute Gasteiger partial charge is 0.0562 e. The molecular formula is C54H84N18. The first-order chi connectivity index (χ1) is 35.8. The van der Waals surface area contributed by atoms with Crippen molar-refractivity contribution in [2.45, 2.75) is 77.0 Å². The molecule has 0 unspecified atom stereocenters. The molecule has 7 aliphatic heterocycles. The minimum Gasteiger partial charge on any atom is -0.388 e. The largest absolute Gasteiger partial charge is 0.388 e. The van der Waals surface area contributed by atoms with Gasteiger partial charge in [-0.15, -0.1) is 0 Å². The summed E-state index contributed by atoms with van der Waals surface area (Å²) in [5, 5.41) is 20.2. The molecule has 0 aromatic carbocycles. The molecule has 18 heteroatoms. The molecule has 0 saturated heterocycles. The third-order valence-electron chi connectivity index (χ3n) is 10.8. The van der Waals surface area contributed by atoms with Gasteiger partial charge in [0.1, 0.15) is 0 Å². The quantitative estimate of drug-likeness (QED) is 0.186. The zero-order valence-electron chi connectivity index (χ0n) is 43.0. The monoisotopic (exact) mass is 985 g/mol. The highest BCUT2D eigenvalue weighted by molar-refractivity contribution is 6.06. The maximum atomic E-state index is 4.69. The highest BCUT2D eigenvalue weighted by Crippen LogP contribution is 2.04. The van der Waals surface area contributed by atoms with E-state index in [1.54, 1.807) is 0 Å². The highest BCUT2D eigenvalue weighted by Gasteiger charge is 1.99. The molecule has 0 saturated carbocycles. The normalized spacial score (nSPS) is 23.9. The van der Waals surface area contributed by atoms with Crippen LogP contribution in [0.5, 0.6) is 0 Å². The lowest BCUT2D eigenvalue weighted by Gasteiger charge is -2.03. The van der Waals surface area contributed by atoms with Crippen LogP contribution in [0.2, 0.25) is 0 Å². The second kappa shape index (κ2) is 43.1. The van der Waals surface area contributed by atoms with Crippen LogP contribution in [0, 0.1) is 0 Å². The summed E-state index contributed by atoms with van der Waals surface area (Å²) in [6.45, 7) is 12.8. The van der Waals surface area contributed by atoms with E-state index >= 15 is 0 Å². The zero-order chi connectivity index (χ0) is 50.1. The van der Waals surface area contributed by atoms with E-state index in [1.807, 2.05) is 112 Å². The molecular weight excluding hydrogens is 901 g/mol. The minimum absolute atomic E-state index is 0.641. The number of fused-ring (bicyclic) bond motifs is 12. The van der Waals surface area contributed by atoms with Crippen LogP contribution in [0.3, 0.4) is 0 Å². The second-order valence-corrected chi connectivity index (χ2v) is 17.3. The molecule has 0 amide bonds. The highest BCUT2D eigenvalue weighted by atomic mass is 14.9. The van der Waals surface area contributed by atoms with Crippen LogP contribution in [0.25, 0.3) is 0 Å². The summed E-state index contributed by atoms with van der Waals surface area (Å²) in [6, 6.07) is 0. The van der Waals surface area contributed by atoms with E-state index in [9.17, 15) is 0 Å². The van der Waals surface area contributed by atoms with Gasteiger partial charge < -0.3 is 31.9 Å². The van der Waals surface area contributed by atoms with E-state index < -0.39 is 0 Å². The number of allylic oxidation sites excluding steroid dienone is 6. The molecule has 7 heterocycles. The first kappa shape index (κ1) is 57.9. The number of nitrogens with one attached hydrogen (secondary N) is 6. The Morgan fingerprint density at radius 1 is 0.181 bits per heavy atom. The molecule has 18 nitrogen and oxygen atoms in total. The Hall–Kier alpha value is -6.72. The molecule has 7 aliphatic rings. The maximum absolute atomic E-state index is 4.69. The number of nitrogens with zero attached hydrogens (tertiary/aromatic N) is 12. The van der Waals surface area contributed by atoms with Crippen LogP contribution in [0.15, 0.2) is 131 Å². The summed E-state index contributed by atoms with van der Waals surface area (Å²) >= 11 is 0. The van der Waals surface area contributed by atoms with Crippen LogP contribution >= 0.6 is 0 Å². The Balaban J connectivity index is 1.30. The summed E-state index contributed by atoms with van der Waals surface area (Å²) in [5.74, 6) is 0.